The van der Waals surface area contributed by atoms with Gasteiger partial charge in [-0.15, -0.1) is 0 Å². The maximum absolute atomic E-state index is 12.7. The van der Waals surface area contributed by atoms with Gasteiger partial charge in [0.05, 0.1) is 7.11 Å². The first kappa shape index (κ1) is 17.3. The molecule has 0 aromatic heterocycles. The normalized spacial score (nSPS) is 17.7. The van der Waals surface area contributed by atoms with E-state index in [2.05, 4.69) is 17.0 Å². The first-order valence-electron chi connectivity index (χ1n) is 7.76. The highest BCUT2D eigenvalue weighted by atomic mass is 16.6. The van der Waals surface area contributed by atoms with Gasteiger partial charge in [0, 0.05) is 31.2 Å². The van der Waals surface area contributed by atoms with Crippen molar-refractivity contribution in [3.8, 4) is 5.75 Å². The van der Waals surface area contributed by atoms with Crippen molar-refractivity contribution in [2.24, 2.45) is 0 Å². The number of carbonyl (C=O) groups excluding carboxylic acids is 2. The first-order valence-corrected chi connectivity index (χ1v) is 7.76. The number of ether oxygens (including phenoxy) is 2. The Kier molecular flexibility index (Phi) is 5.60. The van der Waals surface area contributed by atoms with E-state index in [1.807, 2.05) is 30.9 Å². The van der Waals surface area contributed by atoms with Gasteiger partial charge in [-0.3, -0.25) is 4.79 Å². The molecule has 1 N–H and O–H groups in total. The molecule has 23 heavy (non-hydrogen) atoms. The minimum atomic E-state index is -0.432. The van der Waals surface area contributed by atoms with Gasteiger partial charge in [-0.25, -0.2) is 4.79 Å². The van der Waals surface area contributed by atoms with E-state index in [0.717, 1.165) is 17.7 Å². The molecule has 6 heteroatoms. The maximum Gasteiger partial charge on any atom is 0.343 e. The molecule has 1 fully saturated rings. The quantitative estimate of drug-likeness (QED) is 0.847. The molecule has 0 radical (unpaired) electrons. The number of hydrogen-bond donors (Lipinski definition) is 1. The second kappa shape index (κ2) is 7.46. The van der Waals surface area contributed by atoms with Crippen molar-refractivity contribution < 1.29 is 19.1 Å². The minimum absolute atomic E-state index is 0.0315. The van der Waals surface area contributed by atoms with Gasteiger partial charge in [0.2, 0.25) is 0 Å². The van der Waals surface area contributed by atoms with Crippen LogP contribution in [0.15, 0.2) is 12.1 Å². The molecule has 0 bridgehead atoms. The van der Waals surface area contributed by atoms with Crippen LogP contribution in [0, 0.1) is 13.8 Å². The summed E-state index contributed by atoms with van der Waals surface area (Å²) >= 11 is 0. The number of nitrogens with one attached hydrogen (secondary N) is 1. The highest BCUT2D eigenvalue weighted by molar-refractivity contribution is 5.95. The van der Waals surface area contributed by atoms with Gasteiger partial charge in [0.1, 0.15) is 5.75 Å². The van der Waals surface area contributed by atoms with Crippen LogP contribution in [-0.4, -0.2) is 56.2 Å². The van der Waals surface area contributed by atoms with E-state index in [1.54, 1.807) is 0 Å². The molecule has 1 saturated heterocycles. The third kappa shape index (κ3) is 4.22. The molecule has 1 aromatic rings. The zero-order valence-electron chi connectivity index (χ0n) is 14.1. The lowest BCUT2D eigenvalue weighted by molar-refractivity contribution is -0.142. The number of amides is 1. The lowest BCUT2D eigenvalue weighted by Crippen LogP contribution is -2.51. The highest BCUT2D eigenvalue weighted by Gasteiger charge is 2.22. The van der Waals surface area contributed by atoms with Crippen LogP contribution >= 0.6 is 0 Å². The van der Waals surface area contributed by atoms with Crippen LogP contribution in [0.4, 0.5) is 0 Å². The minimum Gasteiger partial charge on any atom is -0.481 e. The van der Waals surface area contributed by atoms with Crippen LogP contribution < -0.4 is 10.1 Å². The Morgan fingerprint density at radius 1 is 1.30 bits per heavy atom. The average Bonchev–Trinajstić information content (AvgIpc) is 2.52. The summed E-state index contributed by atoms with van der Waals surface area (Å²) in [6, 6.07) is 3.93. The smallest absolute Gasteiger partial charge is 0.343 e. The number of rotatable bonds is 4. The zero-order valence-corrected chi connectivity index (χ0v) is 14.1. The molecule has 126 valence electrons. The van der Waals surface area contributed by atoms with Crippen molar-refractivity contribution in [2.45, 2.75) is 26.8 Å². The van der Waals surface area contributed by atoms with Crippen molar-refractivity contribution in [3.05, 3.63) is 28.8 Å². The summed E-state index contributed by atoms with van der Waals surface area (Å²) in [5.41, 5.74) is 2.32. The topological polar surface area (TPSA) is 67.9 Å². The van der Waals surface area contributed by atoms with E-state index in [9.17, 15) is 9.59 Å². The molecule has 0 unspecified atom stereocenters. The van der Waals surface area contributed by atoms with Crippen LogP contribution in [-0.2, 0) is 9.53 Å². The SMILES string of the molecule is COC(=O)COc1c(C)cc(C(=O)N2CCN[C@H](C)C2)cc1C. The maximum atomic E-state index is 12.7. The van der Waals surface area contributed by atoms with Crippen molar-refractivity contribution in [1.82, 2.24) is 10.2 Å². The summed E-state index contributed by atoms with van der Waals surface area (Å²) < 4.78 is 10.1. The van der Waals surface area contributed by atoms with Gasteiger partial charge in [0.15, 0.2) is 6.61 Å². The van der Waals surface area contributed by atoms with E-state index in [4.69, 9.17) is 4.74 Å². The van der Waals surface area contributed by atoms with Gasteiger partial charge >= 0.3 is 5.97 Å². The molecule has 6 nitrogen and oxygen atoms in total. The van der Waals surface area contributed by atoms with E-state index < -0.39 is 5.97 Å². The average molecular weight is 320 g/mol. The Labute approximate surface area is 136 Å². The van der Waals surface area contributed by atoms with Crippen molar-refractivity contribution in [1.29, 1.82) is 0 Å². The number of esters is 1. The molecule has 1 aromatic carbocycles. The van der Waals surface area contributed by atoms with Gasteiger partial charge in [-0.1, -0.05) is 0 Å². The zero-order chi connectivity index (χ0) is 17.0. The summed E-state index contributed by atoms with van der Waals surface area (Å²) in [4.78, 5) is 25.7. The molecule has 1 aliphatic rings. The number of piperazine rings is 1. The van der Waals surface area contributed by atoms with Gasteiger partial charge in [-0.05, 0) is 44.0 Å². The molecular weight excluding hydrogens is 296 g/mol. The molecule has 1 heterocycles. The Hall–Kier alpha value is -2.08. The van der Waals surface area contributed by atoms with Gasteiger partial charge in [-0.2, -0.15) is 0 Å². The number of hydrogen-bond acceptors (Lipinski definition) is 5. The highest BCUT2D eigenvalue weighted by Crippen LogP contribution is 2.25. The predicted molar refractivity (Wildman–Crippen MR) is 86.8 cm³/mol. The van der Waals surface area contributed by atoms with Crippen molar-refractivity contribution >= 4 is 11.9 Å². The number of benzene rings is 1. The predicted octanol–water partition coefficient (Wildman–Crippen LogP) is 1.29. The van der Waals surface area contributed by atoms with Gasteiger partial charge in [0.25, 0.3) is 5.91 Å². The number of aryl methyl sites for hydroxylation is 2. The third-order valence-corrected chi connectivity index (χ3v) is 3.93. The Morgan fingerprint density at radius 2 is 1.96 bits per heavy atom. The number of methoxy groups -OCH3 is 1. The Morgan fingerprint density at radius 3 is 2.52 bits per heavy atom. The Bertz CT molecular complexity index is 577. The second-order valence-electron chi connectivity index (χ2n) is 5.91. The second-order valence-corrected chi connectivity index (χ2v) is 5.91. The largest absolute Gasteiger partial charge is 0.481 e. The van der Waals surface area contributed by atoms with Crippen molar-refractivity contribution in [3.63, 3.8) is 0 Å². The fourth-order valence-corrected chi connectivity index (χ4v) is 2.79. The van der Waals surface area contributed by atoms with Crippen molar-refractivity contribution in [2.75, 3.05) is 33.4 Å². The van der Waals surface area contributed by atoms with Crippen LogP contribution in [0.1, 0.15) is 28.4 Å². The Balaban J connectivity index is 2.15. The molecule has 0 spiro atoms. The molecule has 1 atom stereocenters. The monoisotopic (exact) mass is 320 g/mol. The van der Waals surface area contributed by atoms with Gasteiger partial charge < -0.3 is 19.7 Å². The fourth-order valence-electron chi connectivity index (χ4n) is 2.79. The third-order valence-electron chi connectivity index (χ3n) is 3.93. The van der Waals surface area contributed by atoms with Crippen LogP contribution in [0.25, 0.3) is 0 Å². The molecule has 1 aliphatic heterocycles. The van der Waals surface area contributed by atoms with E-state index in [1.165, 1.54) is 7.11 Å². The summed E-state index contributed by atoms with van der Waals surface area (Å²) in [6.07, 6.45) is 0. The summed E-state index contributed by atoms with van der Waals surface area (Å²) in [6.45, 7) is 7.90. The molecular formula is C17H24N2O4. The van der Waals surface area contributed by atoms with Crippen LogP contribution in [0.2, 0.25) is 0 Å². The van der Waals surface area contributed by atoms with E-state index in [-0.39, 0.29) is 12.5 Å². The molecule has 1 amide bonds. The molecule has 2 rings (SSSR count). The summed E-state index contributed by atoms with van der Waals surface area (Å²) in [5.74, 6) is 0.225. The lowest BCUT2D eigenvalue weighted by Gasteiger charge is -2.32. The number of carbonyl (C=O) groups is 2. The number of nitrogens with zero attached hydrogens (tertiary/aromatic N) is 1. The summed E-state index contributed by atoms with van der Waals surface area (Å²) in [7, 11) is 1.32. The molecule has 0 saturated carbocycles. The summed E-state index contributed by atoms with van der Waals surface area (Å²) in [5, 5.41) is 3.33. The molecule has 0 aliphatic carbocycles. The fraction of sp³-hybridized carbons (Fsp3) is 0.529. The lowest BCUT2D eigenvalue weighted by atomic mass is 10.0. The van der Waals surface area contributed by atoms with E-state index in [0.29, 0.717) is 30.4 Å². The van der Waals surface area contributed by atoms with Crippen LogP contribution in [0.5, 0.6) is 5.75 Å². The standard InChI is InChI=1S/C17H24N2O4/c1-11-7-14(17(21)19-6-5-18-13(3)9-19)8-12(2)16(11)23-10-15(20)22-4/h7-8,13,18H,5-6,9-10H2,1-4H3/t13-/m1/s1. The first-order chi connectivity index (χ1) is 10.9. The van der Waals surface area contributed by atoms with Crippen LogP contribution in [0.3, 0.4) is 0 Å². The van der Waals surface area contributed by atoms with E-state index >= 15 is 0 Å².